The molecule has 23 heavy (non-hydrogen) atoms. The average molecular weight is 314 g/mol. The van der Waals surface area contributed by atoms with Crippen molar-refractivity contribution in [2.75, 3.05) is 6.61 Å². The van der Waals surface area contributed by atoms with Gasteiger partial charge in [-0.05, 0) is 43.2 Å². The topological polar surface area (TPSA) is 72.8 Å². The molecule has 2 aromatic carbocycles. The fourth-order valence-corrected chi connectivity index (χ4v) is 1.94. The molecule has 0 amide bonds. The van der Waals surface area contributed by atoms with Gasteiger partial charge in [-0.15, -0.1) is 0 Å². The Morgan fingerprint density at radius 2 is 1.65 bits per heavy atom. The van der Waals surface area contributed by atoms with Gasteiger partial charge in [0.05, 0.1) is 12.2 Å². The molecule has 0 fully saturated rings. The van der Waals surface area contributed by atoms with E-state index in [4.69, 9.17) is 14.6 Å². The van der Waals surface area contributed by atoms with Gasteiger partial charge in [-0.25, -0.2) is 4.79 Å². The molecule has 1 N–H and O–H groups in total. The van der Waals surface area contributed by atoms with E-state index in [1.165, 1.54) is 0 Å². The molecular formula is C18H18O5. The number of unbranched alkanes of at least 4 members (excludes halogenated alkanes) is 1. The monoisotopic (exact) mass is 314 g/mol. The molecule has 0 heterocycles. The summed E-state index contributed by atoms with van der Waals surface area (Å²) in [5, 5.41) is 8.53. The summed E-state index contributed by atoms with van der Waals surface area (Å²) in [7, 11) is 0. The van der Waals surface area contributed by atoms with E-state index in [0.29, 0.717) is 29.9 Å². The summed E-state index contributed by atoms with van der Waals surface area (Å²) in [4.78, 5) is 22.3. The fourth-order valence-electron chi connectivity index (χ4n) is 1.94. The lowest BCUT2D eigenvalue weighted by atomic mass is 10.2. The molecule has 0 saturated carbocycles. The largest absolute Gasteiger partial charge is 0.481 e. The Bertz CT molecular complexity index is 651. The minimum atomic E-state index is -0.845. The van der Waals surface area contributed by atoms with E-state index < -0.39 is 11.9 Å². The Balaban J connectivity index is 1.86. The van der Waals surface area contributed by atoms with E-state index in [1.54, 1.807) is 24.3 Å². The number of ether oxygens (including phenoxy) is 2. The average Bonchev–Trinajstić information content (AvgIpc) is 2.55. The smallest absolute Gasteiger partial charge is 0.338 e. The molecule has 2 aromatic rings. The van der Waals surface area contributed by atoms with Crippen molar-refractivity contribution in [3.05, 3.63) is 60.2 Å². The number of carbonyl (C=O) groups excluding carboxylic acids is 1. The van der Waals surface area contributed by atoms with Crippen LogP contribution in [0.3, 0.4) is 0 Å². The lowest BCUT2D eigenvalue weighted by Crippen LogP contribution is -2.07. The Labute approximate surface area is 134 Å². The summed E-state index contributed by atoms with van der Waals surface area (Å²) >= 11 is 0. The number of para-hydroxylation sites is 1. The van der Waals surface area contributed by atoms with Gasteiger partial charge in [0.2, 0.25) is 0 Å². The highest BCUT2D eigenvalue weighted by molar-refractivity contribution is 5.89. The van der Waals surface area contributed by atoms with E-state index in [0.717, 1.165) is 0 Å². The second-order valence-electron chi connectivity index (χ2n) is 4.93. The molecule has 0 aromatic heterocycles. The quantitative estimate of drug-likeness (QED) is 0.591. The lowest BCUT2D eigenvalue weighted by molar-refractivity contribution is -0.137. The number of rotatable bonds is 8. The highest BCUT2D eigenvalue weighted by Gasteiger charge is 2.09. The molecule has 5 nitrogen and oxygen atoms in total. The number of carboxylic acid groups (broad SMARTS) is 1. The van der Waals surface area contributed by atoms with Crippen LogP contribution in [0.4, 0.5) is 0 Å². The molecule has 0 atom stereocenters. The molecule has 0 saturated heterocycles. The van der Waals surface area contributed by atoms with Gasteiger partial charge in [-0.2, -0.15) is 0 Å². The van der Waals surface area contributed by atoms with Gasteiger partial charge in [0.1, 0.15) is 11.5 Å². The van der Waals surface area contributed by atoms with Crippen molar-refractivity contribution in [1.29, 1.82) is 0 Å². The first-order valence-electron chi connectivity index (χ1n) is 7.37. The summed E-state index contributed by atoms with van der Waals surface area (Å²) in [5.74, 6) is -0.0517. The number of hydrogen-bond donors (Lipinski definition) is 1. The summed E-state index contributed by atoms with van der Waals surface area (Å²) in [6.07, 6.45) is 1.09. The summed E-state index contributed by atoms with van der Waals surface area (Å²) in [6, 6.07) is 16.0. The second-order valence-corrected chi connectivity index (χ2v) is 4.93. The van der Waals surface area contributed by atoms with Crippen molar-refractivity contribution in [1.82, 2.24) is 0 Å². The first-order valence-corrected chi connectivity index (χ1v) is 7.37. The zero-order valence-electron chi connectivity index (χ0n) is 12.6. The van der Waals surface area contributed by atoms with Crippen molar-refractivity contribution in [2.45, 2.75) is 19.3 Å². The van der Waals surface area contributed by atoms with Gasteiger partial charge in [0.25, 0.3) is 0 Å². The van der Waals surface area contributed by atoms with Crippen molar-refractivity contribution >= 4 is 11.9 Å². The molecule has 0 bridgehead atoms. The van der Waals surface area contributed by atoms with Gasteiger partial charge < -0.3 is 14.6 Å². The molecule has 0 spiro atoms. The summed E-state index contributed by atoms with van der Waals surface area (Å²) < 4.78 is 10.8. The van der Waals surface area contributed by atoms with E-state index in [1.807, 2.05) is 30.3 Å². The number of esters is 1. The summed E-state index contributed by atoms with van der Waals surface area (Å²) in [6.45, 7) is 0.204. The minimum absolute atomic E-state index is 0.0813. The van der Waals surface area contributed by atoms with Crippen molar-refractivity contribution in [3.63, 3.8) is 0 Å². The maximum Gasteiger partial charge on any atom is 0.338 e. The molecule has 0 aliphatic heterocycles. The number of aliphatic carboxylic acids is 1. The first-order chi connectivity index (χ1) is 11.1. The van der Waals surface area contributed by atoms with Gasteiger partial charge in [-0.1, -0.05) is 24.3 Å². The molecule has 5 heteroatoms. The maximum atomic E-state index is 12.0. The van der Waals surface area contributed by atoms with Gasteiger partial charge in [0, 0.05) is 6.42 Å². The van der Waals surface area contributed by atoms with E-state index in [9.17, 15) is 9.59 Å². The molecular weight excluding hydrogens is 296 g/mol. The van der Waals surface area contributed by atoms with Crippen LogP contribution in [0.2, 0.25) is 0 Å². The molecule has 120 valence electrons. The van der Waals surface area contributed by atoms with E-state index in [-0.39, 0.29) is 13.0 Å². The Hall–Kier alpha value is -2.82. The highest BCUT2D eigenvalue weighted by atomic mass is 16.5. The van der Waals surface area contributed by atoms with Crippen LogP contribution in [0, 0.1) is 0 Å². The Morgan fingerprint density at radius 3 is 2.39 bits per heavy atom. The second kappa shape index (κ2) is 8.58. The van der Waals surface area contributed by atoms with Crippen LogP contribution in [0.5, 0.6) is 11.5 Å². The zero-order chi connectivity index (χ0) is 16.5. The van der Waals surface area contributed by atoms with Crippen molar-refractivity contribution in [2.24, 2.45) is 0 Å². The first kappa shape index (κ1) is 16.5. The molecule has 0 radical (unpaired) electrons. The minimum Gasteiger partial charge on any atom is -0.481 e. The van der Waals surface area contributed by atoms with Crippen molar-refractivity contribution < 1.29 is 24.2 Å². The fraction of sp³-hybridized carbons (Fsp3) is 0.222. The Kier molecular flexibility index (Phi) is 6.17. The van der Waals surface area contributed by atoms with Crippen LogP contribution >= 0.6 is 0 Å². The summed E-state index contributed by atoms with van der Waals surface area (Å²) in [5.41, 5.74) is 0.400. The molecule has 0 aliphatic rings. The van der Waals surface area contributed by atoms with E-state index >= 15 is 0 Å². The number of benzene rings is 2. The van der Waals surface area contributed by atoms with Crippen LogP contribution in [-0.2, 0) is 9.53 Å². The Morgan fingerprint density at radius 1 is 0.913 bits per heavy atom. The van der Waals surface area contributed by atoms with E-state index in [2.05, 4.69) is 0 Å². The standard InChI is InChI=1S/C18H18O5/c19-17(20)11-4-5-12-22-18(21)14-7-6-10-16(13-14)23-15-8-2-1-3-9-15/h1-3,6-10,13H,4-5,11-12H2,(H,19,20). The van der Waals surface area contributed by atoms with Crippen molar-refractivity contribution in [3.8, 4) is 11.5 Å². The predicted octanol–water partition coefficient (Wildman–Crippen LogP) is 3.89. The highest BCUT2D eigenvalue weighted by Crippen LogP contribution is 2.22. The van der Waals surface area contributed by atoms with Crippen LogP contribution in [-0.4, -0.2) is 23.7 Å². The molecule has 2 rings (SSSR count). The zero-order valence-corrected chi connectivity index (χ0v) is 12.6. The van der Waals surface area contributed by atoms with Crippen LogP contribution in [0.1, 0.15) is 29.6 Å². The maximum absolute atomic E-state index is 12.0. The van der Waals surface area contributed by atoms with Gasteiger partial charge >= 0.3 is 11.9 Å². The number of carboxylic acids is 1. The lowest BCUT2D eigenvalue weighted by Gasteiger charge is -2.08. The third kappa shape index (κ3) is 5.82. The molecule has 0 unspecified atom stereocenters. The predicted molar refractivity (Wildman–Crippen MR) is 84.7 cm³/mol. The molecule has 0 aliphatic carbocycles. The number of carbonyl (C=O) groups is 2. The normalized spacial score (nSPS) is 10.1. The van der Waals surface area contributed by atoms with Crippen LogP contribution < -0.4 is 4.74 Å². The van der Waals surface area contributed by atoms with Crippen LogP contribution in [0.25, 0.3) is 0 Å². The number of hydrogen-bond acceptors (Lipinski definition) is 4. The van der Waals surface area contributed by atoms with Crippen LogP contribution in [0.15, 0.2) is 54.6 Å². The third-order valence-electron chi connectivity index (χ3n) is 3.07. The SMILES string of the molecule is O=C(O)CCCCOC(=O)c1cccc(Oc2ccccc2)c1. The van der Waals surface area contributed by atoms with Gasteiger partial charge in [0.15, 0.2) is 0 Å². The van der Waals surface area contributed by atoms with Gasteiger partial charge in [-0.3, -0.25) is 4.79 Å². The third-order valence-corrected chi connectivity index (χ3v) is 3.07.